The summed E-state index contributed by atoms with van der Waals surface area (Å²) in [6.45, 7) is 0.240. The van der Waals surface area contributed by atoms with Gasteiger partial charge in [0.05, 0.1) is 30.4 Å². The number of ether oxygens (including phenoxy) is 4. The summed E-state index contributed by atoms with van der Waals surface area (Å²) < 4.78 is 25.1. The van der Waals surface area contributed by atoms with Crippen molar-refractivity contribution < 1.29 is 35.9 Å². The van der Waals surface area contributed by atoms with Gasteiger partial charge in [0, 0.05) is 10.8 Å². The van der Waals surface area contributed by atoms with Crippen LogP contribution in [0.2, 0.25) is 0 Å². The van der Waals surface area contributed by atoms with Gasteiger partial charge >= 0.3 is 0 Å². The normalized spacial score (nSPS) is 12.1. The molecule has 0 spiro atoms. The van der Waals surface area contributed by atoms with E-state index in [1.165, 1.54) is 11.1 Å². The summed E-state index contributed by atoms with van der Waals surface area (Å²) in [5, 5.41) is 5.45. The van der Waals surface area contributed by atoms with E-state index in [-0.39, 0.29) is 19.2 Å². The molecule has 0 N–H and O–H groups in total. The minimum absolute atomic E-state index is 0. The summed E-state index contributed by atoms with van der Waals surface area (Å²) in [4.78, 5) is 0. The van der Waals surface area contributed by atoms with Gasteiger partial charge in [0.2, 0.25) is 12.3 Å². The highest BCUT2D eigenvalue weighted by molar-refractivity contribution is 6.19. The van der Waals surface area contributed by atoms with Crippen molar-refractivity contribution in [3.63, 3.8) is 0 Å². The second-order valence-electron chi connectivity index (χ2n) is 9.52. The topological polar surface area (TPSA) is 40.8 Å². The van der Waals surface area contributed by atoms with E-state index in [9.17, 15) is 0 Å². The van der Waals surface area contributed by atoms with Gasteiger partial charge in [-0.25, -0.2) is 0 Å². The van der Waals surface area contributed by atoms with Crippen molar-refractivity contribution in [1.82, 2.24) is 0 Å². The Kier molecular flexibility index (Phi) is 6.16. The Morgan fingerprint density at radius 3 is 2.00 bits per heavy atom. The van der Waals surface area contributed by atoms with E-state index in [1.54, 1.807) is 14.2 Å². The maximum atomic E-state index is 5.87. The lowest BCUT2D eigenvalue weighted by atomic mass is 9.92. The fraction of sp³-hybridized carbons (Fsp3) is 0.121. The molecule has 0 aliphatic carbocycles. The molecule has 5 aromatic carbocycles. The van der Waals surface area contributed by atoms with Gasteiger partial charge in [-0.1, -0.05) is 54.6 Å². The zero-order chi connectivity index (χ0) is 25.8. The first-order valence-corrected chi connectivity index (χ1v) is 12.6. The quantitative estimate of drug-likeness (QED) is 0.252. The summed E-state index contributed by atoms with van der Waals surface area (Å²) in [6.07, 6.45) is 2.12. The van der Waals surface area contributed by atoms with Crippen LogP contribution in [0.5, 0.6) is 23.0 Å². The van der Waals surface area contributed by atoms with Crippen LogP contribution >= 0.6 is 0 Å². The smallest absolute Gasteiger partial charge is 0.231 e. The van der Waals surface area contributed by atoms with Crippen LogP contribution in [-0.4, -0.2) is 21.0 Å². The molecule has 0 amide bonds. The van der Waals surface area contributed by atoms with Crippen molar-refractivity contribution in [2.75, 3.05) is 21.0 Å². The molecule has 0 atom stereocenters. The Morgan fingerprint density at radius 1 is 0.641 bits per heavy atom. The van der Waals surface area contributed by atoms with Crippen LogP contribution < -0.4 is 35.9 Å². The van der Waals surface area contributed by atoms with E-state index in [2.05, 4.69) is 90.6 Å². The van der Waals surface area contributed by atoms with Gasteiger partial charge in [-0.2, -0.15) is 4.57 Å². The fourth-order valence-corrected chi connectivity index (χ4v) is 5.65. The molecule has 0 radical (unpaired) electrons. The molecule has 0 bridgehead atoms. The molecule has 39 heavy (non-hydrogen) atoms. The number of fused-ring (bicyclic) bond motifs is 7. The Bertz CT molecular complexity index is 1870. The van der Waals surface area contributed by atoms with Gasteiger partial charge in [-0.05, 0) is 52.6 Å². The SMILES string of the molecule is COc1cc2c(-c3ccc(-c4ccccc4)cc3)cc3c4ccc5c(c4c[n+](C)c3c2cc1OC)OCO5.[Cl-]. The zero-order valence-electron chi connectivity index (χ0n) is 21.8. The number of halogens is 1. The van der Waals surface area contributed by atoms with Crippen LogP contribution in [0.3, 0.4) is 0 Å². The van der Waals surface area contributed by atoms with Crippen LogP contribution in [0.25, 0.3) is 54.7 Å². The van der Waals surface area contributed by atoms with Crippen LogP contribution in [0, 0.1) is 0 Å². The lowest BCUT2D eigenvalue weighted by molar-refractivity contribution is -0.642. The van der Waals surface area contributed by atoms with Crippen molar-refractivity contribution in [3.05, 3.63) is 91.1 Å². The molecular weight excluding hydrogens is 510 g/mol. The molecule has 1 aliphatic rings. The lowest BCUT2D eigenvalue weighted by Crippen LogP contribution is -3.00. The second kappa shape index (κ2) is 9.68. The highest BCUT2D eigenvalue weighted by Gasteiger charge is 2.25. The largest absolute Gasteiger partial charge is 1.00 e. The van der Waals surface area contributed by atoms with Gasteiger partial charge in [-0.3, -0.25) is 0 Å². The number of pyridine rings is 1. The maximum absolute atomic E-state index is 5.87. The Labute approximate surface area is 232 Å². The van der Waals surface area contributed by atoms with Crippen molar-refractivity contribution in [2.45, 2.75) is 0 Å². The number of aromatic nitrogens is 1. The number of aryl methyl sites for hydroxylation is 1. The Morgan fingerprint density at radius 2 is 1.28 bits per heavy atom. The van der Waals surface area contributed by atoms with Crippen molar-refractivity contribution in [2.24, 2.45) is 7.05 Å². The van der Waals surface area contributed by atoms with Crippen molar-refractivity contribution >= 4 is 32.4 Å². The molecule has 7 rings (SSSR count). The van der Waals surface area contributed by atoms with E-state index in [1.807, 2.05) is 12.1 Å². The van der Waals surface area contributed by atoms with E-state index < -0.39 is 0 Å². The number of rotatable bonds is 4. The summed E-state index contributed by atoms with van der Waals surface area (Å²) in [7, 11) is 5.42. The highest BCUT2D eigenvalue weighted by atomic mass is 35.5. The van der Waals surface area contributed by atoms with Gasteiger partial charge in [0.1, 0.15) is 7.05 Å². The Balaban J connectivity index is 0.00000277. The average Bonchev–Trinajstić information content (AvgIpc) is 3.46. The van der Waals surface area contributed by atoms with Crippen LogP contribution in [0.1, 0.15) is 0 Å². The second-order valence-corrected chi connectivity index (χ2v) is 9.52. The Hall–Kier alpha value is -4.48. The molecule has 0 unspecified atom stereocenters. The summed E-state index contributed by atoms with van der Waals surface area (Å²) in [5.41, 5.74) is 5.74. The van der Waals surface area contributed by atoms with E-state index in [0.717, 1.165) is 55.1 Å². The van der Waals surface area contributed by atoms with Gasteiger partial charge in [0.25, 0.3) is 0 Å². The molecule has 1 aliphatic heterocycles. The minimum atomic E-state index is 0. The monoisotopic (exact) mass is 535 g/mol. The van der Waals surface area contributed by atoms with E-state index >= 15 is 0 Å². The van der Waals surface area contributed by atoms with Crippen LogP contribution in [0.15, 0.2) is 91.1 Å². The number of hydrogen-bond acceptors (Lipinski definition) is 4. The lowest BCUT2D eigenvalue weighted by Gasteiger charge is -2.15. The van der Waals surface area contributed by atoms with Gasteiger partial charge < -0.3 is 31.4 Å². The fourth-order valence-electron chi connectivity index (χ4n) is 5.65. The van der Waals surface area contributed by atoms with Crippen LogP contribution in [0.4, 0.5) is 0 Å². The van der Waals surface area contributed by atoms with Gasteiger partial charge in [-0.15, -0.1) is 0 Å². The maximum Gasteiger partial charge on any atom is 0.231 e. The third kappa shape index (κ3) is 3.89. The summed E-state index contributed by atoms with van der Waals surface area (Å²) >= 11 is 0. The van der Waals surface area contributed by atoms with Crippen molar-refractivity contribution in [1.29, 1.82) is 0 Å². The number of nitrogens with zero attached hydrogens (tertiary/aromatic N) is 1. The van der Waals surface area contributed by atoms with E-state index in [4.69, 9.17) is 18.9 Å². The van der Waals surface area contributed by atoms with Gasteiger partial charge in [0.15, 0.2) is 29.2 Å². The molecular formula is C33H26ClNO4. The molecule has 0 saturated carbocycles. The predicted octanol–water partition coefficient (Wildman–Crippen LogP) is 4.05. The van der Waals surface area contributed by atoms with E-state index in [0.29, 0.717) is 11.5 Å². The first-order chi connectivity index (χ1) is 18.7. The molecule has 0 fully saturated rings. The molecule has 6 heteroatoms. The molecule has 6 aromatic rings. The molecule has 194 valence electrons. The first kappa shape index (κ1) is 24.8. The first-order valence-electron chi connectivity index (χ1n) is 12.6. The predicted molar refractivity (Wildman–Crippen MR) is 150 cm³/mol. The summed E-state index contributed by atoms with van der Waals surface area (Å²) in [6, 6.07) is 29.8. The number of benzene rings is 5. The number of hydrogen-bond donors (Lipinski definition) is 0. The molecule has 2 heterocycles. The zero-order valence-corrected chi connectivity index (χ0v) is 22.6. The molecule has 0 saturated heterocycles. The minimum Gasteiger partial charge on any atom is -1.00 e. The van der Waals surface area contributed by atoms with Crippen LogP contribution in [-0.2, 0) is 7.05 Å². The average molecular weight is 536 g/mol. The molecule has 1 aromatic heterocycles. The highest BCUT2D eigenvalue weighted by Crippen LogP contribution is 2.45. The number of methoxy groups -OCH3 is 2. The van der Waals surface area contributed by atoms with Crippen molar-refractivity contribution in [3.8, 4) is 45.3 Å². The standard InChI is InChI=1S/C33H26NO4.ClH/c1-34-18-28-23(13-14-29-33(28)38-19-37-29)26-15-24(22-11-9-21(10-12-22)20-7-5-4-6-8-20)25-16-30(35-2)31(36-3)17-27(25)32(26)34;/h4-18H,19H2,1-3H3;1H/q+1;/p-1. The molecule has 5 nitrogen and oxygen atoms in total. The third-order valence-electron chi connectivity index (χ3n) is 7.46. The third-order valence-corrected chi connectivity index (χ3v) is 7.46. The summed E-state index contributed by atoms with van der Waals surface area (Å²) in [5.74, 6) is 2.97.